The molecule has 1 fully saturated rings. The standard InChI is InChI=1S/C70H79N14O21PS5/c1-29(55(71)87)72-56(88)38-25-110-64(77-38)49-43(86)18-34-48(79-49)37-23-108-62(74-37)36-22-100-66(93)51-35-21-98-52(50(65-78-39(26-111-65)57(89)73-36)82-59(91)41-27-109-63(76-41)47(31(3)97-14)81-60(92)46(30(2)85)80-58(90)40-24-107-61(34)75-40)53(103-44-19-70(11,95)54(83(12)13)32(4)102-44)67(94)99-20-33-16-15-17-42(45(33)35)84(51)28-101-106(96,104-68(5,6)7)105-69(8,9)10/h15-18,23-27,30,32,36,44,46,50,52-54,85-86,95H,1,19-22,28H2,2-14H3,(H2,71,87)(H,72,88)(H,73,89)(H,80,90)(H,81,92)(H,82,91)/b47-31+/t30-,32+,36+,44+,46+,50+,52+,53+,54?,70+/m1/s1. The number of hydrogen-bond donors (Lipinski definition) is 9. The minimum absolute atomic E-state index is 0.0167. The van der Waals surface area contributed by atoms with Crippen LogP contribution in [0.4, 0.5) is 0 Å². The third-order valence-corrected chi connectivity index (χ3v) is 24.0. The van der Waals surface area contributed by atoms with Crippen molar-refractivity contribution in [2.45, 2.75) is 167 Å². The summed E-state index contributed by atoms with van der Waals surface area (Å²) in [6.07, 6.45) is -7.81. The molecule has 11 heterocycles. The van der Waals surface area contributed by atoms with Crippen LogP contribution in [0.25, 0.3) is 49.3 Å². The number of aliphatic hydroxyl groups excluding tert-OH is 1. The smallest absolute Gasteiger partial charge is 0.477 e. The minimum atomic E-state index is -4.65. The summed E-state index contributed by atoms with van der Waals surface area (Å²) in [5.74, 6) is -8.39. The van der Waals surface area contributed by atoms with Crippen molar-refractivity contribution >= 4 is 128 Å². The molecular formula is C70H79N14O21PS5. The number of aromatic hydroxyl groups is 1. The molecule has 7 aromatic heterocycles. The Morgan fingerprint density at radius 1 is 0.838 bits per heavy atom. The zero-order chi connectivity index (χ0) is 80.2. The number of aliphatic hydroxyl groups is 2. The van der Waals surface area contributed by atoms with Gasteiger partial charge in [0.05, 0.1) is 60.0 Å². The minimum Gasteiger partial charge on any atom is -0.506 e. The molecular weight excluding hydrogens is 1560 g/mol. The lowest BCUT2D eigenvalue weighted by atomic mass is 9.85. The SMILES string of the molecule is C=C(NC(=O)c1csc(-c2nc3c(cc2O)-c2nc(cs2)C(=O)N[C@@H]([C@@H](C)O)C(=O)N/C(=C(\C)OC)c2nc(cs2)C(=O)N[C@@H]2c4nc(cs4)C(=O)N[C@@H](COC(=O)c4c5c6c(cccc6n4COP(=O)(OC(C)(C)C)OC(C)(C)C)COC(=O)[C@@H](O[C@H]4C[C@](C)(O)C(N(C)C)[C@H](C)O4)[C@H]2OC5)c2nc-3cs2)n1)C(N)=O. The maximum Gasteiger partial charge on any atom is 0.477 e. The molecule has 41 heteroatoms. The molecule has 12 rings (SSSR count). The van der Waals surface area contributed by atoms with Gasteiger partial charge in [0, 0.05) is 49.8 Å². The van der Waals surface area contributed by atoms with Crippen LogP contribution < -0.4 is 32.3 Å². The molecule has 8 aromatic rings. The van der Waals surface area contributed by atoms with Crippen molar-refractivity contribution in [2.75, 3.05) is 27.8 Å². The molecule has 12 bridgehead atoms. The van der Waals surface area contributed by atoms with E-state index in [1.165, 1.54) is 58.5 Å². The van der Waals surface area contributed by atoms with Crippen molar-refractivity contribution in [1.29, 1.82) is 0 Å². The Kier molecular flexibility index (Phi) is 23.5. The molecule has 1 unspecified atom stereocenters. The van der Waals surface area contributed by atoms with Gasteiger partial charge in [0.15, 0.2) is 12.4 Å². The van der Waals surface area contributed by atoms with Gasteiger partial charge in [-0.15, -0.1) is 56.7 Å². The van der Waals surface area contributed by atoms with Gasteiger partial charge in [0.25, 0.3) is 29.5 Å². The predicted molar refractivity (Wildman–Crippen MR) is 403 cm³/mol. The van der Waals surface area contributed by atoms with Crippen molar-refractivity contribution in [3.8, 4) is 38.4 Å². The number of phosphoric acid groups is 1. The summed E-state index contributed by atoms with van der Waals surface area (Å²) in [7, 11) is 0.176. The number of nitrogens with one attached hydrogen (secondary N) is 5. The highest BCUT2D eigenvalue weighted by Gasteiger charge is 2.51. The van der Waals surface area contributed by atoms with Crippen LogP contribution >= 0.6 is 64.5 Å². The Balaban J connectivity index is 1.08. The number of carbonyl (C=O) groups excluding carboxylic acids is 8. The number of likely N-dealkylation sites (N-methyl/N-ethyl adjacent to an activating group) is 1. The van der Waals surface area contributed by atoms with E-state index in [-0.39, 0.29) is 110 Å². The number of ether oxygens (including phenoxy) is 6. The quantitative estimate of drug-likeness (QED) is 0.0222. The normalized spacial score (nSPS) is 23.1. The van der Waals surface area contributed by atoms with Gasteiger partial charge >= 0.3 is 19.8 Å². The molecule has 4 aliphatic heterocycles. The molecule has 10 atom stereocenters. The summed E-state index contributed by atoms with van der Waals surface area (Å²) >= 11 is 4.41. The Bertz CT molecular complexity index is 5080. The molecule has 1 aromatic carbocycles. The van der Waals surface area contributed by atoms with Gasteiger partial charge in [-0.2, -0.15) is 0 Å². The number of primary amides is 1. The van der Waals surface area contributed by atoms with Crippen LogP contribution in [0.3, 0.4) is 0 Å². The van der Waals surface area contributed by atoms with Gasteiger partial charge in [0.1, 0.15) is 132 Å². The van der Waals surface area contributed by atoms with Gasteiger partial charge in [0.2, 0.25) is 5.91 Å². The number of nitrogens with two attached hydrogens (primary N) is 1. The molecule has 10 N–H and O–H groups in total. The van der Waals surface area contributed by atoms with E-state index in [4.69, 9.17) is 62.7 Å². The molecule has 35 nitrogen and oxygen atoms in total. The average molecular weight is 1640 g/mol. The van der Waals surface area contributed by atoms with Crippen LogP contribution in [0.15, 0.2) is 69.2 Å². The molecule has 0 aliphatic carbocycles. The van der Waals surface area contributed by atoms with E-state index in [1.807, 2.05) is 0 Å². The van der Waals surface area contributed by atoms with Crippen molar-refractivity contribution in [1.82, 2.24) is 66.0 Å². The lowest BCUT2D eigenvalue weighted by molar-refractivity contribution is -0.280. The topological polar surface area (TPSA) is 469 Å². The molecule has 1 saturated heterocycles. The zero-order valence-electron chi connectivity index (χ0n) is 62.0. The van der Waals surface area contributed by atoms with Gasteiger partial charge in [-0.3, -0.25) is 42.3 Å². The molecule has 0 radical (unpaired) electrons. The molecule has 6 amide bonds. The number of hydrogen-bond acceptors (Lipinski definition) is 33. The van der Waals surface area contributed by atoms with E-state index >= 15 is 23.7 Å². The second-order valence-electron chi connectivity index (χ2n) is 28.6. The van der Waals surface area contributed by atoms with E-state index in [0.29, 0.717) is 5.56 Å². The number of esters is 2. The molecule has 4 aliphatic rings. The largest absolute Gasteiger partial charge is 0.506 e. The number of methoxy groups -OCH3 is 1. The van der Waals surface area contributed by atoms with Crippen LogP contribution in [0.2, 0.25) is 0 Å². The summed E-state index contributed by atoms with van der Waals surface area (Å²) in [6.45, 7) is 16.6. The van der Waals surface area contributed by atoms with Crippen molar-refractivity contribution < 1.29 is 100 Å². The molecule has 111 heavy (non-hydrogen) atoms. The highest BCUT2D eigenvalue weighted by molar-refractivity contribution is 7.48. The van der Waals surface area contributed by atoms with Crippen LogP contribution in [0.5, 0.6) is 5.75 Å². The molecule has 0 spiro atoms. The van der Waals surface area contributed by atoms with Gasteiger partial charge in [-0.25, -0.2) is 44.1 Å². The Labute approximate surface area is 653 Å². The maximum atomic E-state index is 16.0. The number of benzene rings is 1. The van der Waals surface area contributed by atoms with Crippen LogP contribution in [0.1, 0.15) is 166 Å². The number of fused-ring (bicyclic) bond motifs is 15. The van der Waals surface area contributed by atoms with E-state index in [0.717, 1.165) is 56.7 Å². The number of pyridine rings is 1. The van der Waals surface area contributed by atoms with Crippen molar-refractivity contribution in [3.63, 3.8) is 0 Å². The number of carbonyl (C=O) groups is 8. The predicted octanol–water partition coefficient (Wildman–Crippen LogP) is 7.37. The van der Waals surface area contributed by atoms with E-state index in [9.17, 15) is 34.5 Å². The van der Waals surface area contributed by atoms with Gasteiger partial charge < -0.3 is 85.5 Å². The maximum absolute atomic E-state index is 16.0. The van der Waals surface area contributed by atoms with E-state index < -0.39 is 165 Å². The van der Waals surface area contributed by atoms with Crippen LogP contribution in [0, 0.1) is 0 Å². The van der Waals surface area contributed by atoms with Gasteiger partial charge in [-0.05, 0) is 101 Å². The fraction of sp³-hybridized carbons (Fsp3) is 0.429. The fourth-order valence-corrected chi connectivity index (χ4v) is 18.8. The van der Waals surface area contributed by atoms with Crippen LogP contribution in [-0.2, 0) is 80.9 Å². The van der Waals surface area contributed by atoms with E-state index in [1.54, 1.807) is 92.6 Å². The Morgan fingerprint density at radius 3 is 2.14 bits per heavy atom. The number of aromatic nitrogens is 7. The van der Waals surface area contributed by atoms with Crippen molar-refractivity contribution in [2.24, 2.45) is 5.73 Å². The average Bonchev–Trinajstić information content (AvgIpc) is 1.61. The summed E-state index contributed by atoms with van der Waals surface area (Å²) in [5.41, 5.74) is -0.127. The number of allylic oxidation sites excluding steroid dienone is 1. The first kappa shape index (κ1) is 81.3. The van der Waals surface area contributed by atoms with Crippen LogP contribution in [-0.4, -0.2) is 189 Å². The summed E-state index contributed by atoms with van der Waals surface area (Å²) < 4.78 is 73.4. The Hall–Kier alpha value is -9.23. The Morgan fingerprint density at radius 2 is 1.47 bits per heavy atom. The number of phosphoric ester groups is 1. The first-order valence-corrected chi connectivity index (χ1v) is 40.1. The van der Waals surface area contributed by atoms with Gasteiger partial charge in [-0.1, -0.05) is 18.7 Å². The first-order chi connectivity index (χ1) is 52.3. The zero-order valence-corrected chi connectivity index (χ0v) is 66.9. The number of rotatable bonds is 14. The summed E-state index contributed by atoms with van der Waals surface area (Å²) in [6, 6.07) is 0.653. The first-order valence-electron chi connectivity index (χ1n) is 34.2. The number of thiazole rings is 5. The molecule has 0 saturated carbocycles. The highest BCUT2D eigenvalue weighted by Crippen LogP contribution is 2.56. The lowest BCUT2D eigenvalue weighted by Gasteiger charge is -2.48. The van der Waals surface area contributed by atoms with E-state index in [2.05, 4.69) is 48.1 Å². The highest BCUT2D eigenvalue weighted by atomic mass is 32.1. The monoisotopic (exact) mass is 1640 g/mol. The molecule has 590 valence electrons. The summed E-state index contributed by atoms with van der Waals surface area (Å²) in [4.78, 5) is 147. The third kappa shape index (κ3) is 17.7. The second-order valence-corrected chi connectivity index (χ2v) is 34.4. The third-order valence-electron chi connectivity index (χ3n) is 17.6. The van der Waals surface area contributed by atoms with Crippen molar-refractivity contribution in [3.05, 3.63) is 124 Å². The second kappa shape index (κ2) is 32.1. The lowest BCUT2D eigenvalue weighted by Crippen LogP contribution is -2.62. The summed E-state index contributed by atoms with van der Waals surface area (Å²) in [5, 5.41) is 55.7. The number of amides is 6. The number of cyclic esters (lactones) is 2. The number of nitrogens with zero attached hydrogens (tertiary/aromatic N) is 8. The fourth-order valence-electron chi connectivity index (χ4n) is 12.8.